The third-order valence-corrected chi connectivity index (χ3v) is 3.48. The highest BCUT2D eigenvalue weighted by molar-refractivity contribution is 5.92. The highest BCUT2D eigenvalue weighted by Gasteiger charge is 2.07. The molecule has 1 aromatic heterocycles. The average molecular weight is 277 g/mol. The molecule has 112 valence electrons. The molecule has 0 saturated carbocycles. The summed E-state index contributed by atoms with van der Waals surface area (Å²) < 4.78 is 0. The molecule has 0 spiro atoms. The van der Waals surface area contributed by atoms with Gasteiger partial charge in [-0.15, -0.1) is 0 Å². The third kappa shape index (κ3) is 5.70. The van der Waals surface area contributed by atoms with Crippen LogP contribution in [-0.2, 0) is 6.42 Å². The number of rotatable bonds is 9. The van der Waals surface area contributed by atoms with Gasteiger partial charge in [0.25, 0.3) is 5.91 Å². The molecular formula is C16H27N3O. The normalized spacial score (nSPS) is 10.8. The number of likely N-dealkylation sites (N-methyl/N-ethyl adjacent to an activating group) is 1. The van der Waals surface area contributed by atoms with E-state index >= 15 is 0 Å². The summed E-state index contributed by atoms with van der Waals surface area (Å²) >= 11 is 0. The van der Waals surface area contributed by atoms with Gasteiger partial charge in [-0.05, 0) is 37.6 Å². The van der Waals surface area contributed by atoms with Crippen LogP contribution in [0.4, 0.5) is 0 Å². The molecule has 1 heterocycles. The molecule has 4 nitrogen and oxygen atoms in total. The van der Waals surface area contributed by atoms with E-state index in [1.807, 2.05) is 18.3 Å². The zero-order valence-electron chi connectivity index (χ0n) is 13.0. The second-order valence-corrected chi connectivity index (χ2v) is 4.94. The predicted octanol–water partition coefficient (Wildman–Crippen LogP) is 2.50. The highest BCUT2D eigenvalue weighted by atomic mass is 16.1. The maximum Gasteiger partial charge on any atom is 0.269 e. The van der Waals surface area contributed by atoms with Crippen molar-refractivity contribution in [3.63, 3.8) is 0 Å². The van der Waals surface area contributed by atoms with Gasteiger partial charge in [0.1, 0.15) is 5.69 Å². The van der Waals surface area contributed by atoms with Crippen LogP contribution >= 0.6 is 0 Å². The number of nitrogens with zero attached hydrogens (tertiary/aromatic N) is 2. The van der Waals surface area contributed by atoms with Crippen molar-refractivity contribution in [3.8, 4) is 0 Å². The number of carbonyl (C=O) groups is 1. The lowest BCUT2D eigenvalue weighted by atomic mass is 10.1. The van der Waals surface area contributed by atoms with Crippen LogP contribution in [0, 0.1) is 0 Å². The Morgan fingerprint density at radius 1 is 1.25 bits per heavy atom. The molecule has 0 aliphatic carbocycles. The molecule has 0 aliphatic heterocycles. The fraction of sp³-hybridized carbons (Fsp3) is 0.625. The molecule has 0 bridgehead atoms. The summed E-state index contributed by atoms with van der Waals surface area (Å²) in [4.78, 5) is 18.5. The molecule has 0 fully saturated rings. The monoisotopic (exact) mass is 277 g/mol. The van der Waals surface area contributed by atoms with Crippen LogP contribution in [0.1, 0.15) is 49.7 Å². The van der Waals surface area contributed by atoms with E-state index in [0.29, 0.717) is 12.2 Å². The summed E-state index contributed by atoms with van der Waals surface area (Å²) in [7, 11) is 0. The molecule has 1 aromatic rings. The standard InChI is InChI=1S/C16H27N3O/c1-4-7-8-14-9-10-15(18-13-14)16(20)17-11-12-19(5-2)6-3/h9-10,13H,4-8,11-12H2,1-3H3,(H,17,20). The smallest absolute Gasteiger partial charge is 0.269 e. The number of pyridine rings is 1. The summed E-state index contributed by atoms with van der Waals surface area (Å²) in [5, 5.41) is 2.92. The molecule has 0 radical (unpaired) electrons. The molecule has 0 unspecified atom stereocenters. The Bertz CT molecular complexity index is 385. The Kier molecular flexibility index (Phi) is 7.88. The highest BCUT2D eigenvalue weighted by Crippen LogP contribution is 2.05. The number of aryl methyl sites for hydroxylation is 1. The van der Waals surface area contributed by atoms with E-state index in [1.54, 1.807) is 0 Å². The first kappa shape index (κ1) is 16.6. The SMILES string of the molecule is CCCCc1ccc(C(=O)NCCN(CC)CC)nc1. The Labute approximate surface area is 122 Å². The molecule has 4 heteroatoms. The Morgan fingerprint density at radius 3 is 2.55 bits per heavy atom. The van der Waals surface area contributed by atoms with Crippen LogP contribution in [0.3, 0.4) is 0 Å². The summed E-state index contributed by atoms with van der Waals surface area (Å²) in [6, 6.07) is 3.82. The van der Waals surface area contributed by atoms with Crippen molar-refractivity contribution in [1.82, 2.24) is 15.2 Å². The molecule has 0 atom stereocenters. The lowest BCUT2D eigenvalue weighted by Crippen LogP contribution is -2.35. The van der Waals surface area contributed by atoms with Crippen LogP contribution in [0.2, 0.25) is 0 Å². The number of aromatic nitrogens is 1. The van der Waals surface area contributed by atoms with Crippen molar-refractivity contribution in [2.75, 3.05) is 26.2 Å². The average Bonchev–Trinajstić information content (AvgIpc) is 2.50. The van der Waals surface area contributed by atoms with Crippen molar-refractivity contribution < 1.29 is 4.79 Å². The zero-order chi connectivity index (χ0) is 14.8. The number of nitrogens with one attached hydrogen (secondary N) is 1. The molecule has 0 aliphatic rings. The largest absolute Gasteiger partial charge is 0.349 e. The fourth-order valence-corrected chi connectivity index (χ4v) is 2.05. The quantitative estimate of drug-likeness (QED) is 0.754. The van der Waals surface area contributed by atoms with Gasteiger partial charge in [0, 0.05) is 19.3 Å². The number of hydrogen-bond acceptors (Lipinski definition) is 3. The summed E-state index contributed by atoms with van der Waals surface area (Å²) in [5.74, 6) is -0.0841. The van der Waals surface area contributed by atoms with Crippen LogP contribution in [0.25, 0.3) is 0 Å². The number of carbonyl (C=O) groups excluding carboxylic acids is 1. The third-order valence-electron chi connectivity index (χ3n) is 3.48. The lowest BCUT2D eigenvalue weighted by molar-refractivity contribution is 0.0944. The van der Waals surface area contributed by atoms with Gasteiger partial charge in [0.15, 0.2) is 0 Å². The summed E-state index contributed by atoms with van der Waals surface area (Å²) in [6.45, 7) is 10.00. The van der Waals surface area contributed by atoms with Gasteiger partial charge >= 0.3 is 0 Å². The van der Waals surface area contributed by atoms with Crippen molar-refractivity contribution >= 4 is 5.91 Å². The first-order valence-electron chi connectivity index (χ1n) is 7.66. The van der Waals surface area contributed by atoms with Crippen molar-refractivity contribution in [1.29, 1.82) is 0 Å². The zero-order valence-corrected chi connectivity index (χ0v) is 13.0. The molecule has 0 aromatic carbocycles. The Hall–Kier alpha value is -1.42. The maximum atomic E-state index is 11.9. The van der Waals surface area contributed by atoms with E-state index in [2.05, 4.69) is 36.0 Å². The van der Waals surface area contributed by atoms with Gasteiger partial charge in [-0.1, -0.05) is 33.3 Å². The van der Waals surface area contributed by atoms with Crippen molar-refractivity contribution in [3.05, 3.63) is 29.6 Å². The fourth-order valence-electron chi connectivity index (χ4n) is 2.05. The maximum absolute atomic E-state index is 11.9. The van der Waals surface area contributed by atoms with Gasteiger partial charge in [-0.3, -0.25) is 9.78 Å². The minimum absolute atomic E-state index is 0.0841. The van der Waals surface area contributed by atoms with Gasteiger partial charge in [-0.2, -0.15) is 0 Å². The lowest BCUT2D eigenvalue weighted by Gasteiger charge is -2.17. The number of hydrogen-bond donors (Lipinski definition) is 1. The van der Waals surface area contributed by atoms with Crippen LogP contribution in [0.5, 0.6) is 0 Å². The molecule has 1 rings (SSSR count). The van der Waals surface area contributed by atoms with Crippen molar-refractivity contribution in [2.45, 2.75) is 40.0 Å². The van der Waals surface area contributed by atoms with E-state index in [4.69, 9.17) is 0 Å². The molecule has 0 saturated heterocycles. The molecule has 1 amide bonds. The topological polar surface area (TPSA) is 45.2 Å². The number of unbranched alkanes of at least 4 members (excludes halogenated alkanes) is 1. The minimum Gasteiger partial charge on any atom is -0.349 e. The molecular weight excluding hydrogens is 250 g/mol. The van der Waals surface area contributed by atoms with Crippen LogP contribution < -0.4 is 5.32 Å². The van der Waals surface area contributed by atoms with E-state index in [9.17, 15) is 4.79 Å². The van der Waals surface area contributed by atoms with Crippen LogP contribution in [-0.4, -0.2) is 42.0 Å². The van der Waals surface area contributed by atoms with Crippen LogP contribution in [0.15, 0.2) is 18.3 Å². The van der Waals surface area contributed by atoms with Gasteiger partial charge in [-0.25, -0.2) is 0 Å². The first-order chi connectivity index (χ1) is 9.71. The summed E-state index contributed by atoms with van der Waals surface area (Å²) in [5.41, 5.74) is 1.70. The Balaban J connectivity index is 2.39. The second-order valence-electron chi connectivity index (χ2n) is 4.94. The number of amides is 1. The molecule has 1 N–H and O–H groups in total. The Morgan fingerprint density at radius 2 is 2.00 bits per heavy atom. The van der Waals surface area contributed by atoms with E-state index in [0.717, 1.165) is 32.5 Å². The van der Waals surface area contributed by atoms with Gasteiger partial charge in [0.2, 0.25) is 0 Å². The van der Waals surface area contributed by atoms with E-state index in [-0.39, 0.29) is 5.91 Å². The molecule has 20 heavy (non-hydrogen) atoms. The second kappa shape index (κ2) is 9.48. The minimum atomic E-state index is -0.0841. The van der Waals surface area contributed by atoms with E-state index < -0.39 is 0 Å². The summed E-state index contributed by atoms with van der Waals surface area (Å²) in [6.07, 6.45) is 5.19. The van der Waals surface area contributed by atoms with Gasteiger partial charge in [0.05, 0.1) is 0 Å². The van der Waals surface area contributed by atoms with E-state index in [1.165, 1.54) is 12.0 Å². The van der Waals surface area contributed by atoms with Crippen molar-refractivity contribution in [2.24, 2.45) is 0 Å². The first-order valence-corrected chi connectivity index (χ1v) is 7.66. The van der Waals surface area contributed by atoms with Gasteiger partial charge < -0.3 is 10.2 Å². The predicted molar refractivity (Wildman–Crippen MR) is 83.0 cm³/mol.